The van der Waals surface area contributed by atoms with Crippen LogP contribution in [0, 0.1) is 17.6 Å². The molecule has 0 aromatic heterocycles. The second-order valence-electron chi connectivity index (χ2n) is 5.65. The predicted octanol–water partition coefficient (Wildman–Crippen LogP) is 4.23. The molecular formula is C16H22F2O. The van der Waals surface area contributed by atoms with E-state index < -0.39 is 17.7 Å². The lowest BCUT2D eigenvalue weighted by Crippen LogP contribution is -2.15. The van der Waals surface area contributed by atoms with E-state index in [4.69, 9.17) is 0 Å². The second-order valence-corrected chi connectivity index (χ2v) is 5.65. The number of rotatable bonds is 5. The van der Waals surface area contributed by atoms with Crippen molar-refractivity contribution in [2.24, 2.45) is 5.92 Å². The molecule has 1 aliphatic rings. The topological polar surface area (TPSA) is 20.2 Å². The lowest BCUT2D eigenvalue weighted by atomic mass is 9.85. The molecule has 19 heavy (non-hydrogen) atoms. The van der Waals surface area contributed by atoms with Crippen molar-refractivity contribution in [1.29, 1.82) is 0 Å². The van der Waals surface area contributed by atoms with Crippen LogP contribution in [0.15, 0.2) is 18.2 Å². The van der Waals surface area contributed by atoms with Crippen LogP contribution in [0.5, 0.6) is 0 Å². The van der Waals surface area contributed by atoms with Crippen LogP contribution in [0.2, 0.25) is 0 Å². The Kier molecular flexibility index (Phi) is 5.32. The second kappa shape index (κ2) is 6.99. The molecule has 1 N–H and O–H groups in total. The summed E-state index contributed by atoms with van der Waals surface area (Å²) in [4.78, 5) is 0. The van der Waals surface area contributed by atoms with Crippen molar-refractivity contribution >= 4 is 0 Å². The summed E-state index contributed by atoms with van der Waals surface area (Å²) in [6.45, 7) is 0. The van der Waals surface area contributed by atoms with E-state index in [-0.39, 0.29) is 12.0 Å². The van der Waals surface area contributed by atoms with Crippen LogP contribution in [-0.4, -0.2) is 11.2 Å². The van der Waals surface area contributed by atoms with Crippen molar-refractivity contribution in [2.75, 3.05) is 0 Å². The van der Waals surface area contributed by atoms with Crippen molar-refractivity contribution in [3.63, 3.8) is 0 Å². The highest BCUT2D eigenvalue weighted by Gasteiger charge is 2.17. The molecule has 1 aromatic carbocycles. The Hall–Kier alpha value is -0.960. The number of hydrogen-bond donors (Lipinski definition) is 1. The standard InChI is InChI=1S/C16H22F2O/c17-15-8-4-7-13(16(15)18)11-14(19)10-9-12-5-2-1-3-6-12/h4,7-8,12,14,19H,1-3,5-6,9-11H2. The van der Waals surface area contributed by atoms with E-state index in [9.17, 15) is 13.9 Å². The Morgan fingerprint density at radius 3 is 2.63 bits per heavy atom. The normalized spacial score (nSPS) is 18.5. The van der Waals surface area contributed by atoms with Gasteiger partial charge in [0.1, 0.15) is 0 Å². The minimum Gasteiger partial charge on any atom is -0.393 e. The first-order valence-corrected chi connectivity index (χ1v) is 7.27. The molecule has 0 heterocycles. The Bertz CT molecular complexity index is 400. The minimum atomic E-state index is -0.836. The Balaban J connectivity index is 1.80. The van der Waals surface area contributed by atoms with Crippen LogP contribution in [-0.2, 0) is 6.42 Å². The molecule has 106 valence electrons. The van der Waals surface area contributed by atoms with Gasteiger partial charge < -0.3 is 5.11 Å². The van der Waals surface area contributed by atoms with E-state index in [0.29, 0.717) is 12.3 Å². The predicted molar refractivity (Wildman–Crippen MR) is 71.9 cm³/mol. The maximum absolute atomic E-state index is 13.5. The summed E-state index contributed by atoms with van der Waals surface area (Å²) in [7, 11) is 0. The molecule has 1 nitrogen and oxygen atoms in total. The van der Waals surface area contributed by atoms with E-state index in [1.165, 1.54) is 38.2 Å². The van der Waals surface area contributed by atoms with Gasteiger partial charge in [-0.2, -0.15) is 0 Å². The third-order valence-electron chi connectivity index (χ3n) is 4.12. The van der Waals surface area contributed by atoms with Crippen molar-refractivity contribution in [1.82, 2.24) is 0 Å². The van der Waals surface area contributed by atoms with Gasteiger partial charge in [0.25, 0.3) is 0 Å². The summed E-state index contributed by atoms with van der Waals surface area (Å²) in [5.74, 6) is -0.947. The zero-order valence-corrected chi connectivity index (χ0v) is 11.2. The summed E-state index contributed by atoms with van der Waals surface area (Å²) in [6.07, 6.45) is 7.72. The van der Waals surface area contributed by atoms with Crippen molar-refractivity contribution in [3.8, 4) is 0 Å². The van der Waals surface area contributed by atoms with E-state index in [1.807, 2.05) is 0 Å². The van der Waals surface area contributed by atoms with Crippen LogP contribution >= 0.6 is 0 Å². The molecule has 1 aliphatic carbocycles. The average molecular weight is 268 g/mol. The number of benzene rings is 1. The van der Waals surface area contributed by atoms with Gasteiger partial charge in [-0.25, -0.2) is 8.78 Å². The minimum absolute atomic E-state index is 0.205. The van der Waals surface area contributed by atoms with E-state index in [1.54, 1.807) is 6.07 Å². The molecule has 0 saturated heterocycles. The van der Waals surface area contributed by atoms with E-state index >= 15 is 0 Å². The molecule has 1 unspecified atom stereocenters. The molecular weight excluding hydrogens is 246 g/mol. The van der Waals surface area contributed by atoms with Gasteiger partial charge in [-0.05, 0) is 30.4 Å². The van der Waals surface area contributed by atoms with Crippen LogP contribution in [0.3, 0.4) is 0 Å². The van der Waals surface area contributed by atoms with Gasteiger partial charge in [0.15, 0.2) is 11.6 Å². The van der Waals surface area contributed by atoms with Gasteiger partial charge in [0, 0.05) is 6.42 Å². The van der Waals surface area contributed by atoms with Crippen LogP contribution in [0.25, 0.3) is 0 Å². The van der Waals surface area contributed by atoms with Gasteiger partial charge in [-0.1, -0.05) is 44.2 Å². The molecule has 1 saturated carbocycles. The van der Waals surface area contributed by atoms with Crippen LogP contribution < -0.4 is 0 Å². The first kappa shape index (κ1) is 14.4. The maximum atomic E-state index is 13.5. The lowest BCUT2D eigenvalue weighted by molar-refractivity contribution is 0.148. The number of hydrogen-bond acceptors (Lipinski definition) is 1. The Morgan fingerprint density at radius 2 is 1.89 bits per heavy atom. The Morgan fingerprint density at radius 1 is 1.16 bits per heavy atom. The fraction of sp³-hybridized carbons (Fsp3) is 0.625. The third kappa shape index (κ3) is 4.27. The van der Waals surface area contributed by atoms with Gasteiger partial charge >= 0.3 is 0 Å². The summed E-state index contributed by atoms with van der Waals surface area (Å²) >= 11 is 0. The molecule has 1 fully saturated rings. The highest BCUT2D eigenvalue weighted by Crippen LogP contribution is 2.28. The first-order valence-electron chi connectivity index (χ1n) is 7.27. The maximum Gasteiger partial charge on any atom is 0.162 e. The van der Waals surface area contributed by atoms with Crippen molar-refractivity contribution < 1.29 is 13.9 Å². The van der Waals surface area contributed by atoms with Gasteiger partial charge in [0.05, 0.1) is 6.10 Å². The molecule has 3 heteroatoms. The summed E-state index contributed by atoms with van der Waals surface area (Å²) < 4.78 is 26.5. The van der Waals surface area contributed by atoms with Crippen molar-refractivity contribution in [2.45, 2.75) is 57.5 Å². The highest BCUT2D eigenvalue weighted by molar-refractivity contribution is 5.19. The molecule has 2 rings (SSSR count). The number of halogens is 2. The highest BCUT2D eigenvalue weighted by atomic mass is 19.2. The summed E-state index contributed by atoms with van der Waals surface area (Å²) in [5, 5.41) is 9.96. The van der Waals surface area contributed by atoms with E-state index in [0.717, 1.165) is 12.5 Å². The molecule has 1 atom stereocenters. The largest absolute Gasteiger partial charge is 0.393 e. The molecule has 0 aliphatic heterocycles. The Labute approximate surface area is 113 Å². The van der Waals surface area contributed by atoms with Gasteiger partial charge in [-0.3, -0.25) is 0 Å². The zero-order chi connectivity index (χ0) is 13.7. The third-order valence-corrected chi connectivity index (χ3v) is 4.12. The van der Waals surface area contributed by atoms with Crippen LogP contribution in [0.1, 0.15) is 50.5 Å². The lowest BCUT2D eigenvalue weighted by Gasteiger charge is -2.22. The van der Waals surface area contributed by atoms with Crippen molar-refractivity contribution in [3.05, 3.63) is 35.4 Å². The van der Waals surface area contributed by atoms with E-state index in [2.05, 4.69) is 0 Å². The first-order chi connectivity index (χ1) is 9.16. The number of aliphatic hydroxyl groups is 1. The fourth-order valence-electron chi connectivity index (χ4n) is 2.97. The van der Waals surface area contributed by atoms with Gasteiger partial charge in [0.2, 0.25) is 0 Å². The molecule has 0 radical (unpaired) electrons. The smallest absolute Gasteiger partial charge is 0.162 e. The quantitative estimate of drug-likeness (QED) is 0.847. The molecule has 0 amide bonds. The fourth-order valence-corrected chi connectivity index (χ4v) is 2.97. The molecule has 0 spiro atoms. The summed E-state index contributed by atoms with van der Waals surface area (Å²) in [5.41, 5.74) is 0.274. The van der Waals surface area contributed by atoms with Crippen LogP contribution in [0.4, 0.5) is 8.78 Å². The molecule has 1 aromatic rings. The SMILES string of the molecule is OC(CCC1CCCCC1)Cc1cccc(F)c1F. The average Bonchev–Trinajstić information content (AvgIpc) is 2.43. The summed E-state index contributed by atoms with van der Waals surface area (Å²) in [6, 6.07) is 4.14. The number of aliphatic hydroxyl groups excluding tert-OH is 1. The molecule has 0 bridgehead atoms. The zero-order valence-electron chi connectivity index (χ0n) is 11.2. The monoisotopic (exact) mass is 268 g/mol. The van der Waals surface area contributed by atoms with Gasteiger partial charge in [-0.15, -0.1) is 0 Å².